The number of unbranched alkanes of at least 4 members (excludes halogenated alkanes) is 33. The molecule has 17 unspecified atom stereocenters. The van der Waals surface area contributed by atoms with Gasteiger partial charge in [0.05, 0.1) is 38.6 Å². The number of aliphatic hydroxyl groups is 11. The highest BCUT2D eigenvalue weighted by molar-refractivity contribution is 5.76. The van der Waals surface area contributed by atoms with E-state index < -0.39 is 124 Å². The molecule has 0 aromatic carbocycles. The molecule has 3 fully saturated rings. The van der Waals surface area contributed by atoms with Crippen LogP contribution in [-0.2, 0) is 33.2 Å². The number of carbonyl (C=O) groups excluding carboxylic acids is 1. The monoisotopic (exact) mass is 1520 g/mol. The SMILES string of the molecule is CC/C=C\C/C=C\C/C=C\C/C=C\C/C=C\C/C=C\C/C=C\C/C=C\C/C=C\CCCCCCCCCCCCCCCC(=O)NC(COC1OC(CO)C(OC2OC(CO)C(OC3OC(CO)C(O)C(O)C3O)C(O)C2O)C(O)C1O)C(O)/C=C/CCCCCCCCCCCCCCCCCCCCCC. The van der Waals surface area contributed by atoms with Crippen LogP contribution in [0.15, 0.2) is 122 Å². The highest BCUT2D eigenvalue weighted by atomic mass is 16.8. The van der Waals surface area contributed by atoms with E-state index >= 15 is 0 Å². The quantitative estimate of drug-likeness (QED) is 0.0199. The van der Waals surface area contributed by atoms with E-state index in [1.807, 2.05) is 6.08 Å². The second-order valence-corrected chi connectivity index (χ2v) is 29.9. The lowest BCUT2D eigenvalue weighted by Gasteiger charge is -2.48. The lowest BCUT2D eigenvalue weighted by Crippen LogP contribution is -2.66. The summed E-state index contributed by atoms with van der Waals surface area (Å²) in [6, 6.07) is -0.982. The Balaban J connectivity index is 1.33. The molecule has 1 amide bonds. The lowest BCUT2D eigenvalue weighted by atomic mass is 9.96. The molecule has 3 saturated heterocycles. The topological polar surface area (TPSA) is 307 Å². The standard InChI is InChI=1S/C89H153NO18/c1-3-5-7-9-11-13-15-17-19-21-23-25-27-28-29-30-31-32-33-34-35-36-37-38-39-40-41-42-43-44-45-47-49-51-53-55-57-59-61-63-65-67-77(95)90-72(73(94)66-64-62-60-58-56-54-52-50-48-46-26-24-22-20-18-16-14-12-10-8-6-4-2)71-103-87-83(101)80(98)85(75(69-92)105-87)108-89-84(102)81(99)86(76(70-93)106-89)107-88-82(100)79(97)78(96)74(68-91)104-88/h5,7,11,13,17,19,23,25,28-29,31-32,34-35,37-38,40-41,64,66,72-76,78-89,91-94,96-102H,3-4,6,8-10,12,14-16,18,20-22,24,26-27,30,33,36,39,42-63,65,67-71H2,1-2H3,(H,90,95)/b7-5-,13-11-,19-17-,25-23-,29-28-,32-31-,35-34-,38-37-,41-40-,66-64+. The first kappa shape index (κ1) is 98.4. The zero-order valence-electron chi connectivity index (χ0n) is 66.8. The summed E-state index contributed by atoms with van der Waals surface area (Å²) in [6.45, 7) is 1.64. The van der Waals surface area contributed by atoms with Crippen molar-refractivity contribution < 1.29 is 89.4 Å². The van der Waals surface area contributed by atoms with Gasteiger partial charge in [-0.15, -0.1) is 0 Å². The molecule has 17 atom stereocenters. The van der Waals surface area contributed by atoms with Crippen LogP contribution in [0.2, 0.25) is 0 Å². The largest absolute Gasteiger partial charge is 0.394 e. The number of ether oxygens (including phenoxy) is 6. The van der Waals surface area contributed by atoms with Gasteiger partial charge in [0.2, 0.25) is 5.91 Å². The number of rotatable bonds is 67. The van der Waals surface area contributed by atoms with Gasteiger partial charge in [0.15, 0.2) is 18.9 Å². The van der Waals surface area contributed by atoms with Gasteiger partial charge in [-0.1, -0.05) is 328 Å². The van der Waals surface area contributed by atoms with Gasteiger partial charge in [-0.25, -0.2) is 0 Å². The van der Waals surface area contributed by atoms with Crippen LogP contribution in [0.4, 0.5) is 0 Å². The highest BCUT2D eigenvalue weighted by Crippen LogP contribution is 2.33. The number of nitrogens with one attached hydrogen (secondary N) is 1. The molecule has 0 spiro atoms. The summed E-state index contributed by atoms with van der Waals surface area (Å²) in [4.78, 5) is 13.5. The third-order valence-electron chi connectivity index (χ3n) is 20.5. The van der Waals surface area contributed by atoms with Crippen LogP contribution >= 0.6 is 0 Å². The van der Waals surface area contributed by atoms with E-state index in [0.717, 1.165) is 116 Å². The maximum atomic E-state index is 13.5. The summed E-state index contributed by atoms with van der Waals surface area (Å²) in [7, 11) is 0. The maximum absolute atomic E-state index is 13.5. The van der Waals surface area contributed by atoms with Gasteiger partial charge in [0.1, 0.15) is 73.2 Å². The van der Waals surface area contributed by atoms with Crippen molar-refractivity contribution in [3.05, 3.63) is 122 Å². The van der Waals surface area contributed by atoms with E-state index in [2.05, 4.69) is 129 Å². The first-order valence-corrected chi connectivity index (χ1v) is 42.8. The minimum atomic E-state index is -1.98. The second-order valence-electron chi connectivity index (χ2n) is 29.9. The summed E-state index contributed by atoms with van der Waals surface area (Å²) in [5.74, 6) is -0.278. The highest BCUT2D eigenvalue weighted by Gasteiger charge is 2.54. The maximum Gasteiger partial charge on any atom is 0.220 e. The van der Waals surface area contributed by atoms with Crippen LogP contribution in [-0.4, -0.2) is 193 Å². The molecule has 0 radical (unpaired) electrons. The third-order valence-corrected chi connectivity index (χ3v) is 20.5. The van der Waals surface area contributed by atoms with Crippen LogP contribution in [0.25, 0.3) is 0 Å². The summed E-state index contributed by atoms with van der Waals surface area (Å²) < 4.78 is 34.5. The van der Waals surface area contributed by atoms with Gasteiger partial charge in [-0.05, 0) is 89.9 Å². The fourth-order valence-corrected chi connectivity index (χ4v) is 13.7. The van der Waals surface area contributed by atoms with Gasteiger partial charge in [0.25, 0.3) is 0 Å². The van der Waals surface area contributed by atoms with E-state index in [9.17, 15) is 61.0 Å². The molecular formula is C89H153NO18. The Morgan fingerprint density at radius 1 is 0.343 bits per heavy atom. The molecule has 3 rings (SSSR count). The first-order valence-electron chi connectivity index (χ1n) is 42.8. The molecule has 19 heteroatoms. The molecule has 0 bridgehead atoms. The van der Waals surface area contributed by atoms with Gasteiger partial charge < -0.3 is 89.9 Å². The minimum Gasteiger partial charge on any atom is -0.394 e. The summed E-state index contributed by atoms with van der Waals surface area (Å²) in [6.07, 6.45) is 69.0. The van der Waals surface area contributed by atoms with Crippen molar-refractivity contribution in [3.63, 3.8) is 0 Å². The average Bonchev–Trinajstić information content (AvgIpc) is 0.787. The Labute approximate surface area is 652 Å². The molecule has 19 nitrogen and oxygen atoms in total. The fourth-order valence-electron chi connectivity index (χ4n) is 13.7. The summed E-state index contributed by atoms with van der Waals surface area (Å²) in [5.41, 5.74) is 0. The molecular weight excluding hydrogens is 1370 g/mol. The zero-order chi connectivity index (χ0) is 78.1. The Morgan fingerprint density at radius 3 is 1.00 bits per heavy atom. The van der Waals surface area contributed by atoms with Crippen molar-refractivity contribution in [3.8, 4) is 0 Å². The number of carbonyl (C=O) groups is 1. The summed E-state index contributed by atoms with van der Waals surface area (Å²) >= 11 is 0. The molecule has 0 aromatic rings. The Morgan fingerprint density at radius 2 is 0.639 bits per heavy atom. The minimum absolute atomic E-state index is 0.236. The van der Waals surface area contributed by atoms with Crippen LogP contribution in [0, 0.1) is 0 Å². The number of aliphatic hydroxyl groups excluding tert-OH is 11. The molecule has 3 heterocycles. The van der Waals surface area contributed by atoms with Crippen molar-refractivity contribution in [2.24, 2.45) is 0 Å². The zero-order valence-corrected chi connectivity index (χ0v) is 66.8. The smallest absolute Gasteiger partial charge is 0.220 e. The van der Waals surface area contributed by atoms with Gasteiger partial charge in [-0.2, -0.15) is 0 Å². The van der Waals surface area contributed by atoms with Gasteiger partial charge >= 0.3 is 0 Å². The number of amides is 1. The van der Waals surface area contributed by atoms with E-state index in [1.54, 1.807) is 6.08 Å². The number of hydrogen-bond acceptors (Lipinski definition) is 18. The van der Waals surface area contributed by atoms with Gasteiger partial charge in [-0.3, -0.25) is 4.79 Å². The fraction of sp³-hybridized carbons (Fsp3) is 0.764. The molecule has 0 saturated carbocycles. The second kappa shape index (κ2) is 67.7. The van der Waals surface area contributed by atoms with Crippen molar-refractivity contribution >= 4 is 5.91 Å². The average molecular weight is 1530 g/mol. The predicted octanol–water partition coefficient (Wildman–Crippen LogP) is 15.5. The van der Waals surface area contributed by atoms with E-state index in [4.69, 9.17) is 28.4 Å². The molecule has 108 heavy (non-hydrogen) atoms. The normalized spacial score (nSPS) is 26.0. The van der Waals surface area contributed by atoms with Gasteiger partial charge in [0, 0.05) is 6.42 Å². The molecule has 0 aliphatic carbocycles. The van der Waals surface area contributed by atoms with Crippen molar-refractivity contribution in [1.29, 1.82) is 0 Å². The molecule has 3 aliphatic heterocycles. The Kier molecular flexibility index (Phi) is 61.6. The van der Waals surface area contributed by atoms with E-state index in [-0.39, 0.29) is 18.9 Å². The Bertz CT molecular complexity index is 2420. The Hall–Kier alpha value is -3.81. The number of hydrogen-bond donors (Lipinski definition) is 12. The third kappa shape index (κ3) is 46.4. The van der Waals surface area contributed by atoms with Crippen LogP contribution in [0.5, 0.6) is 0 Å². The first-order chi connectivity index (χ1) is 52.8. The summed E-state index contributed by atoms with van der Waals surface area (Å²) in [5, 5.41) is 121. The molecule has 12 N–H and O–H groups in total. The lowest BCUT2D eigenvalue weighted by molar-refractivity contribution is -0.379. The van der Waals surface area contributed by atoms with Crippen LogP contribution < -0.4 is 5.32 Å². The number of allylic oxidation sites excluding steroid dienone is 19. The van der Waals surface area contributed by atoms with Crippen molar-refractivity contribution in [1.82, 2.24) is 5.32 Å². The van der Waals surface area contributed by atoms with E-state index in [0.29, 0.717) is 6.42 Å². The van der Waals surface area contributed by atoms with Crippen molar-refractivity contribution in [2.75, 3.05) is 26.4 Å². The molecule has 622 valence electrons. The molecule has 0 aromatic heterocycles. The van der Waals surface area contributed by atoms with E-state index in [1.165, 1.54) is 161 Å². The predicted molar refractivity (Wildman–Crippen MR) is 433 cm³/mol. The van der Waals surface area contributed by atoms with Crippen LogP contribution in [0.1, 0.15) is 303 Å². The molecule has 3 aliphatic rings. The van der Waals surface area contributed by atoms with Crippen LogP contribution in [0.3, 0.4) is 0 Å². The van der Waals surface area contributed by atoms with Crippen molar-refractivity contribution in [2.45, 2.75) is 407 Å².